The molecule has 0 atom stereocenters. The first-order chi connectivity index (χ1) is 14.7. The maximum atomic E-state index is 12.5. The standard InChI is InChI=1S/C23H26N2O4S/c26-20(18-4-6-21-22(15-18)29-11-10-28-21)5-7-23(27)24-19-3-1-2-17(14-19)16-25-8-12-30-13-9-25/h1-4,6,14-15H,5,7-13,16H2,(H,24,27). The summed E-state index contributed by atoms with van der Waals surface area (Å²) in [5, 5.41) is 2.92. The molecule has 2 aromatic rings. The van der Waals surface area contributed by atoms with Crippen molar-refractivity contribution < 1.29 is 19.1 Å². The zero-order valence-corrected chi connectivity index (χ0v) is 17.7. The van der Waals surface area contributed by atoms with E-state index in [9.17, 15) is 9.59 Å². The molecule has 0 bridgehead atoms. The van der Waals surface area contributed by atoms with Crippen molar-refractivity contribution in [1.82, 2.24) is 4.90 Å². The Bertz CT molecular complexity index is 912. The second kappa shape index (κ2) is 10.00. The van der Waals surface area contributed by atoms with Crippen molar-refractivity contribution in [2.75, 3.05) is 43.1 Å². The van der Waals surface area contributed by atoms with E-state index in [-0.39, 0.29) is 24.5 Å². The molecule has 0 aliphatic carbocycles. The van der Waals surface area contributed by atoms with Gasteiger partial charge in [-0.1, -0.05) is 12.1 Å². The Morgan fingerprint density at radius 3 is 2.60 bits per heavy atom. The summed E-state index contributed by atoms with van der Waals surface area (Å²) in [6.45, 7) is 4.08. The van der Waals surface area contributed by atoms with Crippen molar-refractivity contribution >= 4 is 29.1 Å². The molecule has 0 aromatic heterocycles. The summed E-state index contributed by atoms with van der Waals surface area (Å²) in [6.07, 6.45) is 0.289. The largest absolute Gasteiger partial charge is 0.486 e. The highest BCUT2D eigenvalue weighted by Gasteiger charge is 2.16. The van der Waals surface area contributed by atoms with Crippen LogP contribution < -0.4 is 14.8 Å². The predicted octanol–water partition coefficient (Wildman–Crippen LogP) is 3.61. The predicted molar refractivity (Wildman–Crippen MR) is 119 cm³/mol. The lowest BCUT2D eigenvalue weighted by molar-refractivity contribution is -0.116. The molecule has 2 aromatic carbocycles. The maximum Gasteiger partial charge on any atom is 0.224 e. The zero-order valence-electron chi connectivity index (χ0n) is 16.9. The van der Waals surface area contributed by atoms with Gasteiger partial charge >= 0.3 is 0 Å². The van der Waals surface area contributed by atoms with Crippen LogP contribution in [0, 0.1) is 0 Å². The summed E-state index contributed by atoms with van der Waals surface area (Å²) in [7, 11) is 0. The molecular weight excluding hydrogens is 400 g/mol. The Morgan fingerprint density at radius 1 is 0.967 bits per heavy atom. The zero-order chi connectivity index (χ0) is 20.8. The summed E-state index contributed by atoms with van der Waals surface area (Å²) in [6, 6.07) is 13.1. The van der Waals surface area contributed by atoms with Gasteiger partial charge in [-0.25, -0.2) is 0 Å². The van der Waals surface area contributed by atoms with Gasteiger partial charge in [-0.05, 0) is 35.9 Å². The molecule has 6 nitrogen and oxygen atoms in total. The van der Waals surface area contributed by atoms with Crippen molar-refractivity contribution in [2.45, 2.75) is 19.4 Å². The Labute approximate surface area is 180 Å². The van der Waals surface area contributed by atoms with Crippen molar-refractivity contribution in [3.8, 4) is 11.5 Å². The molecule has 2 aliphatic rings. The molecule has 2 aliphatic heterocycles. The number of hydrogen-bond acceptors (Lipinski definition) is 6. The van der Waals surface area contributed by atoms with Gasteiger partial charge in [0.2, 0.25) is 5.91 Å². The quantitative estimate of drug-likeness (QED) is 0.683. The van der Waals surface area contributed by atoms with E-state index in [1.165, 1.54) is 17.1 Å². The number of nitrogens with zero attached hydrogens (tertiary/aromatic N) is 1. The molecule has 30 heavy (non-hydrogen) atoms. The molecule has 1 saturated heterocycles. The molecule has 1 fully saturated rings. The van der Waals surface area contributed by atoms with Crippen LogP contribution in [0.1, 0.15) is 28.8 Å². The molecule has 0 spiro atoms. The lowest BCUT2D eigenvalue weighted by Gasteiger charge is -2.26. The highest BCUT2D eigenvalue weighted by molar-refractivity contribution is 7.99. The summed E-state index contributed by atoms with van der Waals surface area (Å²) in [5.74, 6) is 3.34. The number of nitrogens with one attached hydrogen (secondary N) is 1. The molecule has 158 valence electrons. The number of anilines is 1. The Kier molecular flexibility index (Phi) is 6.92. The molecule has 2 heterocycles. The molecule has 0 saturated carbocycles. The Morgan fingerprint density at radius 2 is 1.77 bits per heavy atom. The van der Waals surface area contributed by atoms with Gasteiger partial charge < -0.3 is 14.8 Å². The highest BCUT2D eigenvalue weighted by atomic mass is 32.2. The van der Waals surface area contributed by atoms with Crippen molar-refractivity contribution in [1.29, 1.82) is 0 Å². The summed E-state index contributed by atoms with van der Waals surface area (Å²) >= 11 is 1.99. The van der Waals surface area contributed by atoms with Crippen LogP contribution in [0.5, 0.6) is 11.5 Å². The van der Waals surface area contributed by atoms with Crippen LogP contribution in [0.2, 0.25) is 0 Å². The SMILES string of the molecule is O=C(CCC(=O)c1ccc2c(c1)OCCO2)Nc1cccc(CN2CCSCC2)c1. The summed E-state index contributed by atoms with van der Waals surface area (Å²) < 4.78 is 11.0. The normalized spacial score (nSPS) is 16.1. The van der Waals surface area contributed by atoms with E-state index >= 15 is 0 Å². The van der Waals surface area contributed by atoms with Crippen LogP contribution >= 0.6 is 11.8 Å². The number of thioether (sulfide) groups is 1. The van der Waals surface area contributed by atoms with E-state index in [4.69, 9.17) is 9.47 Å². The molecule has 1 N–H and O–H groups in total. The molecule has 4 rings (SSSR count). The smallest absolute Gasteiger partial charge is 0.224 e. The van der Waals surface area contributed by atoms with Gasteiger partial charge in [0, 0.05) is 55.2 Å². The number of carbonyl (C=O) groups excluding carboxylic acids is 2. The topological polar surface area (TPSA) is 67.9 Å². The number of benzene rings is 2. The van der Waals surface area contributed by atoms with E-state index in [1.807, 2.05) is 30.0 Å². The van der Waals surface area contributed by atoms with Crippen molar-refractivity contribution in [3.63, 3.8) is 0 Å². The fourth-order valence-corrected chi connectivity index (χ4v) is 4.56. The number of rotatable bonds is 7. The molecule has 7 heteroatoms. The van der Waals surface area contributed by atoms with Crippen LogP contribution in [-0.2, 0) is 11.3 Å². The van der Waals surface area contributed by atoms with Crippen molar-refractivity contribution in [3.05, 3.63) is 53.6 Å². The molecule has 1 amide bonds. The number of fused-ring (bicyclic) bond motifs is 1. The van der Waals surface area contributed by atoms with Crippen LogP contribution in [0.3, 0.4) is 0 Å². The molecule has 0 unspecified atom stereocenters. The van der Waals surface area contributed by atoms with Gasteiger partial charge in [0.05, 0.1) is 0 Å². The van der Waals surface area contributed by atoms with Gasteiger partial charge in [0.15, 0.2) is 17.3 Å². The lowest BCUT2D eigenvalue weighted by Crippen LogP contribution is -2.31. The average molecular weight is 427 g/mol. The first-order valence-electron chi connectivity index (χ1n) is 10.3. The van der Waals surface area contributed by atoms with E-state index in [2.05, 4.69) is 16.3 Å². The van der Waals surface area contributed by atoms with Gasteiger partial charge in [0.25, 0.3) is 0 Å². The minimum absolute atomic E-state index is 0.0844. The van der Waals surface area contributed by atoms with Crippen LogP contribution in [0.4, 0.5) is 5.69 Å². The number of ketones is 1. The maximum absolute atomic E-state index is 12.5. The fraction of sp³-hybridized carbons (Fsp3) is 0.391. The van der Waals surface area contributed by atoms with Crippen LogP contribution in [-0.4, -0.2) is 54.4 Å². The Hall–Kier alpha value is -2.51. The first-order valence-corrected chi connectivity index (χ1v) is 11.4. The number of amides is 1. The second-order valence-electron chi connectivity index (χ2n) is 7.42. The minimum Gasteiger partial charge on any atom is -0.486 e. The minimum atomic E-state index is -0.160. The van der Waals surface area contributed by atoms with E-state index in [1.54, 1.807) is 18.2 Å². The van der Waals surface area contributed by atoms with E-state index in [0.717, 1.165) is 25.3 Å². The van der Waals surface area contributed by atoms with Gasteiger partial charge in [-0.15, -0.1) is 0 Å². The monoisotopic (exact) mass is 426 g/mol. The van der Waals surface area contributed by atoms with E-state index < -0.39 is 0 Å². The third kappa shape index (κ3) is 5.55. The summed E-state index contributed by atoms with van der Waals surface area (Å²) in [5.41, 5.74) is 2.50. The molecular formula is C23H26N2O4S. The average Bonchev–Trinajstić information content (AvgIpc) is 2.78. The number of hydrogen-bond donors (Lipinski definition) is 1. The Balaban J connectivity index is 1.28. The van der Waals surface area contributed by atoms with Gasteiger partial charge in [0.1, 0.15) is 13.2 Å². The van der Waals surface area contributed by atoms with Crippen molar-refractivity contribution in [2.24, 2.45) is 0 Å². The van der Waals surface area contributed by atoms with Gasteiger partial charge in [-0.2, -0.15) is 11.8 Å². The first kappa shape index (κ1) is 20.8. The highest BCUT2D eigenvalue weighted by Crippen LogP contribution is 2.31. The van der Waals surface area contributed by atoms with E-state index in [0.29, 0.717) is 30.3 Å². The number of Topliss-reactive ketones (excluding diaryl/α,β-unsaturated/α-hetero) is 1. The fourth-order valence-electron chi connectivity index (χ4n) is 3.58. The second-order valence-corrected chi connectivity index (χ2v) is 8.64. The van der Waals surface area contributed by atoms with Gasteiger partial charge in [-0.3, -0.25) is 14.5 Å². The third-order valence-corrected chi connectivity index (χ3v) is 6.11. The third-order valence-electron chi connectivity index (χ3n) is 5.16. The summed E-state index contributed by atoms with van der Waals surface area (Å²) in [4.78, 5) is 27.3. The molecule has 0 radical (unpaired) electrons. The number of ether oxygens (including phenoxy) is 2. The van der Waals surface area contributed by atoms with Crippen LogP contribution in [0.25, 0.3) is 0 Å². The van der Waals surface area contributed by atoms with Crippen LogP contribution in [0.15, 0.2) is 42.5 Å². The number of carbonyl (C=O) groups is 2. The lowest BCUT2D eigenvalue weighted by atomic mass is 10.1.